The van der Waals surface area contributed by atoms with E-state index in [1.807, 2.05) is 4.90 Å². The summed E-state index contributed by atoms with van der Waals surface area (Å²) in [7, 11) is 0. The smallest absolute Gasteiger partial charge is 0.257 e. The number of amides is 1. The van der Waals surface area contributed by atoms with E-state index in [0.717, 1.165) is 50.9 Å². The molecule has 6 heteroatoms. The second kappa shape index (κ2) is 5.59. The maximum Gasteiger partial charge on any atom is 0.257 e. The van der Waals surface area contributed by atoms with E-state index in [9.17, 15) is 4.79 Å². The van der Waals surface area contributed by atoms with Crippen molar-refractivity contribution in [2.45, 2.75) is 50.5 Å². The van der Waals surface area contributed by atoms with Gasteiger partial charge in [0.05, 0.1) is 11.8 Å². The Morgan fingerprint density at radius 1 is 1.23 bits per heavy atom. The summed E-state index contributed by atoms with van der Waals surface area (Å²) in [6.07, 6.45) is 9.37. The minimum atomic E-state index is -0.120. The molecule has 1 aliphatic heterocycles. The monoisotopic (exact) mass is 301 g/mol. The van der Waals surface area contributed by atoms with E-state index >= 15 is 0 Å². The Bertz CT molecular complexity index is 645. The van der Waals surface area contributed by atoms with Gasteiger partial charge in [-0.05, 0) is 31.7 Å². The number of nitrogens with zero attached hydrogens (tertiary/aromatic N) is 3. The van der Waals surface area contributed by atoms with Crippen molar-refractivity contribution in [3.8, 4) is 0 Å². The molecule has 0 radical (unpaired) electrons. The highest BCUT2D eigenvalue weighted by Crippen LogP contribution is 2.39. The van der Waals surface area contributed by atoms with Crippen LogP contribution in [-0.4, -0.2) is 27.5 Å². The van der Waals surface area contributed by atoms with Gasteiger partial charge in [0, 0.05) is 12.5 Å². The molecule has 2 aromatic rings. The maximum absolute atomic E-state index is 12.7. The van der Waals surface area contributed by atoms with Gasteiger partial charge in [-0.15, -0.1) is 0 Å². The van der Waals surface area contributed by atoms with Gasteiger partial charge in [0.25, 0.3) is 5.91 Å². The molecule has 1 unspecified atom stereocenters. The van der Waals surface area contributed by atoms with Crippen molar-refractivity contribution in [1.29, 1.82) is 0 Å². The van der Waals surface area contributed by atoms with Crippen molar-refractivity contribution < 1.29 is 13.7 Å². The number of carbonyl (C=O) groups excluding carboxylic acids is 1. The first-order valence-electron chi connectivity index (χ1n) is 7.99. The molecule has 2 fully saturated rings. The van der Waals surface area contributed by atoms with E-state index < -0.39 is 0 Å². The molecule has 2 aliphatic rings. The number of likely N-dealkylation sites (tertiary alicyclic amines) is 1. The highest BCUT2D eigenvalue weighted by Gasteiger charge is 2.34. The number of hydrogen-bond acceptors (Lipinski definition) is 5. The summed E-state index contributed by atoms with van der Waals surface area (Å²) in [5.74, 6) is 1.82. The van der Waals surface area contributed by atoms with Crippen molar-refractivity contribution in [3.05, 3.63) is 35.9 Å². The lowest BCUT2D eigenvalue weighted by atomic mass is 10.1. The van der Waals surface area contributed by atoms with Gasteiger partial charge in [0.15, 0.2) is 5.82 Å². The van der Waals surface area contributed by atoms with Crippen LogP contribution in [0.2, 0.25) is 0 Å². The highest BCUT2D eigenvalue weighted by atomic mass is 16.5. The third kappa shape index (κ3) is 2.53. The number of rotatable bonds is 3. The molecule has 6 nitrogen and oxygen atoms in total. The molecule has 0 N–H and O–H groups in total. The van der Waals surface area contributed by atoms with Crippen LogP contribution in [-0.2, 0) is 0 Å². The van der Waals surface area contributed by atoms with Crippen molar-refractivity contribution >= 4 is 5.91 Å². The van der Waals surface area contributed by atoms with E-state index in [-0.39, 0.29) is 11.9 Å². The van der Waals surface area contributed by atoms with Gasteiger partial charge in [0.1, 0.15) is 12.3 Å². The summed E-state index contributed by atoms with van der Waals surface area (Å²) in [6.45, 7) is 0.718. The summed E-state index contributed by atoms with van der Waals surface area (Å²) in [4.78, 5) is 19.1. The second-order valence-electron chi connectivity index (χ2n) is 6.14. The second-order valence-corrected chi connectivity index (χ2v) is 6.14. The number of carbonyl (C=O) groups is 1. The molecule has 1 saturated carbocycles. The maximum atomic E-state index is 12.7. The SMILES string of the molecule is O=C(c1ccoc1)N1CCCCCC1c1nc(C2CC2)no1. The molecule has 0 spiro atoms. The van der Waals surface area contributed by atoms with Crippen LogP contribution in [0.3, 0.4) is 0 Å². The average Bonchev–Trinajstić information content (AvgIpc) is 3.11. The van der Waals surface area contributed by atoms with E-state index in [2.05, 4.69) is 10.1 Å². The number of furan rings is 1. The third-order valence-electron chi connectivity index (χ3n) is 4.47. The Hall–Kier alpha value is -2.11. The van der Waals surface area contributed by atoms with Crippen LogP contribution in [0.5, 0.6) is 0 Å². The molecule has 1 atom stereocenters. The molecule has 1 aliphatic carbocycles. The van der Waals surface area contributed by atoms with Crippen LogP contribution >= 0.6 is 0 Å². The summed E-state index contributed by atoms with van der Waals surface area (Å²) in [6, 6.07) is 1.58. The van der Waals surface area contributed by atoms with Gasteiger partial charge in [-0.25, -0.2) is 0 Å². The molecule has 1 saturated heterocycles. The van der Waals surface area contributed by atoms with Crippen molar-refractivity contribution in [2.75, 3.05) is 6.54 Å². The standard InChI is InChI=1S/C16H19N3O3/c20-16(12-7-9-21-10-12)19-8-3-1-2-4-13(19)15-17-14(18-22-15)11-5-6-11/h7,9-11,13H,1-6,8H2. The zero-order chi connectivity index (χ0) is 14.9. The Morgan fingerprint density at radius 2 is 2.14 bits per heavy atom. The minimum absolute atomic E-state index is 0.0215. The zero-order valence-corrected chi connectivity index (χ0v) is 12.4. The first-order chi connectivity index (χ1) is 10.8. The van der Waals surface area contributed by atoms with Gasteiger partial charge in [-0.2, -0.15) is 4.98 Å². The first-order valence-corrected chi connectivity index (χ1v) is 7.99. The topological polar surface area (TPSA) is 72.4 Å². The predicted molar refractivity (Wildman–Crippen MR) is 77.2 cm³/mol. The van der Waals surface area contributed by atoms with Gasteiger partial charge in [0.2, 0.25) is 5.89 Å². The van der Waals surface area contributed by atoms with Crippen LogP contribution < -0.4 is 0 Å². The lowest BCUT2D eigenvalue weighted by molar-refractivity contribution is 0.0644. The third-order valence-corrected chi connectivity index (χ3v) is 4.47. The Morgan fingerprint density at radius 3 is 2.91 bits per heavy atom. The summed E-state index contributed by atoms with van der Waals surface area (Å²) in [5, 5.41) is 4.10. The predicted octanol–water partition coefficient (Wildman–Crippen LogP) is 3.30. The molecular formula is C16H19N3O3. The summed E-state index contributed by atoms with van der Waals surface area (Å²) < 4.78 is 10.5. The van der Waals surface area contributed by atoms with Gasteiger partial charge in [-0.3, -0.25) is 4.79 Å². The van der Waals surface area contributed by atoms with E-state index in [1.165, 1.54) is 12.5 Å². The molecule has 3 heterocycles. The van der Waals surface area contributed by atoms with Crippen LogP contribution in [0, 0.1) is 0 Å². The van der Waals surface area contributed by atoms with E-state index in [0.29, 0.717) is 17.4 Å². The lowest BCUT2D eigenvalue weighted by Gasteiger charge is -2.26. The molecule has 4 rings (SSSR count). The lowest BCUT2D eigenvalue weighted by Crippen LogP contribution is -2.34. The van der Waals surface area contributed by atoms with Crippen LogP contribution in [0.4, 0.5) is 0 Å². The van der Waals surface area contributed by atoms with Crippen molar-refractivity contribution in [3.63, 3.8) is 0 Å². The van der Waals surface area contributed by atoms with E-state index in [1.54, 1.807) is 6.07 Å². The van der Waals surface area contributed by atoms with Crippen LogP contribution in [0.1, 0.15) is 72.6 Å². The first kappa shape index (κ1) is 13.5. The van der Waals surface area contributed by atoms with Gasteiger partial charge < -0.3 is 13.8 Å². The fraction of sp³-hybridized carbons (Fsp3) is 0.562. The van der Waals surface area contributed by atoms with Crippen LogP contribution in [0.25, 0.3) is 0 Å². The van der Waals surface area contributed by atoms with Crippen LogP contribution in [0.15, 0.2) is 27.5 Å². The number of aromatic nitrogens is 2. The van der Waals surface area contributed by atoms with Gasteiger partial charge in [-0.1, -0.05) is 18.0 Å². The largest absolute Gasteiger partial charge is 0.472 e. The fourth-order valence-corrected chi connectivity index (χ4v) is 3.05. The minimum Gasteiger partial charge on any atom is -0.472 e. The van der Waals surface area contributed by atoms with E-state index in [4.69, 9.17) is 8.94 Å². The molecular weight excluding hydrogens is 282 g/mol. The molecule has 116 valence electrons. The molecule has 1 amide bonds. The molecule has 22 heavy (non-hydrogen) atoms. The van der Waals surface area contributed by atoms with Crippen molar-refractivity contribution in [2.24, 2.45) is 0 Å². The number of hydrogen-bond donors (Lipinski definition) is 0. The Labute approximate surface area is 128 Å². The Balaban J connectivity index is 1.61. The summed E-state index contributed by atoms with van der Waals surface area (Å²) >= 11 is 0. The molecule has 0 aromatic carbocycles. The highest BCUT2D eigenvalue weighted by molar-refractivity contribution is 5.94. The van der Waals surface area contributed by atoms with Crippen molar-refractivity contribution in [1.82, 2.24) is 15.0 Å². The fourth-order valence-electron chi connectivity index (χ4n) is 3.05. The Kier molecular flexibility index (Phi) is 3.44. The normalized spacial score (nSPS) is 22.5. The zero-order valence-electron chi connectivity index (χ0n) is 12.4. The quantitative estimate of drug-likeness (QED) is 0.869. The molecule has 2 aromatic heterocycles. The molecule has 0 bridgehead atoms. The van der Waals surface area contributed by atoms with Gasteiger partial charge >= 0.3 is 0 Å². The summed E-state index contributed by atoms with van der Waals surface area (Å²) in [5.41, 5.74) is 0.578. The average molecular weight is 301 g/mol.